The highest BCUT2D eigenvalue weighted by Gasteiger charge is 2.15. The molecular weight excluding hydrogens is 301 g/mol. The predicted octanol–water partition coefficient (Wildman–Crippen LogP) is 2.04. The van der Waals surface area contributed by atoms with Gasteiger partial charge < -0.3 is 10.5 Å². The second kappa shape index (κ2) is 5.84. The fourth-order valence-electron chi connectivity index (χ4n) is 2.08. The summed E-state index contributed by atoms with van der Waals surface area (Å²) in [5, 5.41) is 6.52. The number of halogens is 1. The predicted molar refractivity (Wildman–Crippen MR) is 80.8 cm³/mol. The van der Waals surface area contributed by atoms with Crippen LogP contribution in [0.3, 0.4) is 0 Å². The minimum Gasteiger partial charge on any atom is -0.465 e. The number of nitrogens with one attached hydrogen (secondary N) is 1. The molecule has 0 spiro atoms. The van der Waals surface area contributed by atoms with Crippen molar-refractivity contribution in [1.29, 1.82) is 0 Å². The van der Waals surface area contributed by atoms with Crippen molar-refractivity contribution < 1.29 is 13.9 Å². The highest BCUT2D eigenvalue weighted by atomic mass is 19.1. The molecule has 0 aliphatic heterocycles. The second-order valence-corrected chi connectivity index (χ2v) is 4.66. The van der Waals surface area contributed by atoms with E-state index >= 15 is 0 Å². The van der Waals surface area contributed by atoms with Crippen LogP contribution in [0, 0.1) is 5.82 Å². The quantitative estimate of drug-likeness (QED) is 0.717. The minimum absolute atomic E-state index is 0.155. The van der Waals surface area contributed by atoms with Gasteiger partial charge in [0.25, 0.3) is 0 Å². The van der Waals surface area contributed by atoms with Gasteiger partial charge >= 0.3 is 5.97 Å². The molecule has 0 amide bonds. The van der Waals surface area contributed by atoms with Crippen LogP contribution in [0.4, 0.5) is 10.2 Å². The average Bonchev–Trinajstić information content (AvgIpc) is 3.09. The summed E-state index contributed by atoms with van der Waals surface area (Å²) in [6, 6.07) is 4.03. The highest BCUT2D eigenvalue weighted by Crippen LogP contribution is 2.27. The van der Waals surface area contributed by atoms with Crippen LogP contribution in [-0.2, 0) is 4.74 Å². The van der Waals surface area contributed by atoms with Gasteiger partial charge in [-0.1, -0.05) is 6.07 Å². The number of anilines is 1. The van der Waals surface area contributed by atoms with Gasteiger partial charge in [0.15, 0.2) is 0 Å². The Balaban J connectivity index is 2.06. The molecule has 0 unspecified atom stereocenters. The van der Waals surface area contributed by atoms with Crippen molar-refractivity contribution in [2.45, 2.75) is 0 Å². The summed E-state index contributed by atoms with van der Waals surface area (Å²) < 4.78 is 18.6. The number of hydrogen-bond donors (Lipinski definition) is 2. The Labute approximate surface area is 130 Å². The topological polar surface area (TPSA) is 107 Å². The first-order valence-corrected chi connectivity index (χ1v) is 6.60. The molecule has 1 aromatic carbocycles. The Morgan fingerprint density at radius 2 is 2.13 bits per heavy atom. The Morgan fingerprint density at radius 3 is 2.78 bits per heavy atom. The summed E-state index contributed by atoms with van der Waals surface area (Å²) in [7, 11) is 1.19. The molecule has 0 fully saturated rings. The van der Waals surface area contributed by atoms with Crippen LogP contribution in [0.1, 0.15) is 10.4 Å². The van der Waals surface area contributed by atoms with Crippen molar-refractivity contribution in [3.05, 3.63) is 48.2 Å². The van der Waals surface area contributed by atoms with Crippen LogP contribution < -0.4 is 5.73 Å². The second-order valence-electron chi connectivity index (χ2n) is 4.66. The standard InChI is InChI=1S/C15H12FN5O2/c1-23-15(22)10-3-2-8(4-11(10)16)13-14(17)18-7-12(21-13)9-5-19-20-6-9/h2-7H,1H3,(H2,17,18)(H,19,20). The van der Waals surface area contributed by atoms with Gasteiger partial charge in [0.05, 0.1) is 30.8 Å². The van der Waals surface area contributed by atoms with Gasteiger partial charge in [-0.05, 0) is 12.1 Å². The van der Waals surface area contributed by atoms with E-state index in [-0.39, 0.29) is 11.4 Å². The Hall–Kier alpha value is -3.29. The monoisotopic (exact) mass is 313 g/mol. The molecule has 0 aliphatic carbocycles. The van der Waals surface area contributed by atoms with Gasteiger partial charge in [-0.25, -0.2) is 19.2 Å². The van der Waals surface area contributed by atoms with E-state index in [0.717, 1.165) is 5.56 Å². The van der Waals surface area contributed by atoms with Crippen LogP contribution in [0.2, 0.25) is 0 Å². The third kappa shape index (κ3) is 2.73. The van der Waals surface area contributed by atoms with E-state index in [9.17, 15) is 9.18 Å². The molecule has 0 radical (unpaired) electrons. The molecule has 2 heterocycles. The number of methoxy groups -OCH3 is 1. The average molecular weight is 313 g/mol. The number of benzene rings is 1. The van der Waals surface area contributed by atoms with Crippen molar-refractivity contribution in [3.63, 3.8) is 0 Å². The van der Waals surface area contributed by atoms with E-state index in [4.69, 9.17) is 5.73 Å². The first kappa shape index (κ1) is 14.6. The lowest BCUT2D eigenvalue weighted by atomic mass is 10.1. The zero-order valence-electron chi connectivity index (χ0n) is 12.1. The number of nitrogens with zero attached hydrogens (tertiary/aromatic N) is 3. The summed E-state index contributed by atoms with van der Waals surface area (Å²) in [6.07, 6.45) is 4.75. The molecule has 3 aromatic rings. The van der Waals surface area contributed by atoms with Gasteiger partial charge in [0.1, 0.15) is 17.3 Å². The fraction of sp³-hybridized carbons (Fsp3) is 0.0667. The number of hydrogen-bond acceptors (Lipinski definition) is 6. The number of ether oxygens (including phenoxy) is 1. The van der Waals surface area contributed by atoms with Gasteiger partial charge in [-0.2, -0.15) is 5.10 Å². The van der Waals surface area contributed by atoms with Crippen LogP contribution in [0.15, 0.2) is 36.8 Å². The Morgan fingerprint density at radius 1 is 1.30 bits per heavy atom. The Bertz CT molecular complexity index is 864. The Kier molecular flexibility index (Phi) is 3.71. The van der Waals surface area contributed by atoms with E-state index in [1.165, 1.54) is 31.5 Å². The molecule has 0 atom stereocenters. The maximum Gasteiger partial charge on any atom is 0.340 e. The van der Waals surface area contributed by atoms with Gasteiger partial charge in [0.2, 0.25) is 0 Å². The number of nitrogen functional groups attached to an aromatic ring is 1. The lowest BCUT2D eigenvalue weighted by Crippen LogP contribution is -2.05. The van der Waals surface area contributed by atoms with Crippen LogP contribution >= 0.6 is 0 Å². The SMILES string of the molecule is COC(=O)c1ccc(-c2nc(-c3cn[nH]c3)cnc2N)cc1F. The van der Waals surface area contributed by atoms with Gasteiger partial charge in [-0.3, -0.25) is 5.10 Å². The summed E-state index contributed by atoms with van der Waals surface area (Å²) in [5.41, 5.74) is 7.67. The smallest absolute Gasteiger partial charge is 0.340 e. The molecule has 116 valence electrons. The van der Waals surface area contributed by atoms with Crippen LogP contribution in [0.5, 0.6) is 0 Å². The molecule has 0 saturated heterocycles. The van der Waals surface area contributed by atoms with Gasteiger partial charge in [-0.15, -0.1) is 0 Å². The number of H-pyrrole nitrogens is 1. The number of carbonyl (C=O) groups is 1. The summed E-state index contributed by atoms with van der Waals surface area (Å²) in [4.78, 5) is 19.9. The highest BCUT2D eigenvalue weighted by molar-refractivity contribution is 5.90. The van der Waals surface area contributed by atoms with Crippen molar-refractivity contribution in [1.82, 2.24) is 20.2 Å². The summed E-state index contributed by atoms with van der Waals surface area (Å²) in [6.45, 7) is 0. The first-order valence-electron chi connectivity index (χ1n) is 6.60. The van der Waals surface area contributed by atoms with Crippen molar-refractivity contribution in [2.75, 3.05) is 12.8 Å². The van der Waals surface area contributed by atoms with Crippen LogP contribution in [0.25, 0.3) is 22.5 Å². The molecule has 0 aliphatic rings. The zero-order valence-corrected chi connectivity index (χ0v) is 12.1. The van der Waals surface area contributed by atoms with E-state index < -0.39 is 11.8 Å². The molecule has 23 heavy (non-hydrogen) atoms. The number of aromatic nitrogens is 4. The maximum atomic E-state index is 14.1. The number of aromatic amines is 1. The molecule has 3 N–H and O–H groups in total. The molecule has 0 bridgehead atoms. The maximum absolute atomic E-state index is 14.1. The van der Waals surface area contributed by atoms with E-state index in [2.05, 4.69) is 24.9 Å². The first-order chi connectivity index (χ1) is 11.1. The third-order valence-corrected chi connectivity index (χ3v) is 3.24. The van der Waals surface area contributed by atoms with Crippen molar-refractivity contribution >= 4 is 11.8 Å². The lowest BCUT2D eigenvalue weighted by molar-refractivity contribution is 0.0595. The minimum atomic E-state index is -0.750. The molecule has 3 rings (SSSR count). The summed E-state index contributed by atoms with van der Waals surface area (Å²) >= 11 is 0. The van der Waals surface area contributed by atoms with Crippen molar-refractivity contribution in [2.24, 2.45) is 0 Å². The lowest BCUT2D eigenvalue weighted by Gasteiger charge is -2.08. The molecular formula is C15H12FN5O2. The number of carbonyl (C=O) groups excluding carboxylic acids is 1. The molecule has 7 nitrogen and oxygen atoms in total. The third-order valence-electron chi connectivity index (χ3n) is 3.24. The van der Waals surface area contributed by atoms with E-state index in [1.54, 1.807) is 12.4 Å². The van der Waals surface area contributed by atoms with Crippen molar-refractivity contribution in [3.8, 4) is 22.5 Å². The van der Waals surface area contributed by atoms with Crippen LogP contribution in [-0.4, -0.2) is 33.2 Å². The molecule has 0 saturated carbocycles. The molecule has 8 heteroatoms. The summed E-state index contributed by atoms with van der Waals surface area (Å²) in [5.74, 6) is -1.31. The number of nitrogens with two attached hydrogens (primary N) is 1. The molecule has 2 aromatic heterocycles. The number of rotatable bonds is 3. The largest absolute Gasteiger partial charge is 0.465 e. The zero-order chi connectivity index (χ0) is 16.4. The normalized spacial score (nSPS) is 10.5. The fourth-order valence-corrected chi connectivity index (χ4v) is 2.08. The van der Waals surface area contributed by atoms with E-state index in [0.29, 0.717) is 17.0 Å². The van der Waals surface area contributed by atoms with E-state index in [1.807, 2.05) is 0 Å². The number of esters is 1. The van der Waals surface area contributed by atoms with Gasteiger partial charge in [0, 0.05) is 17.3 Å².